The van der Waals surface area contributed by atoms with Crippen LogP contribution in [0.1, 0.15) is 115 Å². The third-order valence-corrected chi connectivity index (χ3v) is 22.8. The number of rotatable bonds is 51. The number of amides is 6. The number of sulfonamides is 3. The Morgan fingerprint density at radius 3 is 0.748 bits per heavy atom. The van der Waals surface area contributed by atoms with E-state index >= 15 is 0 Å². The molecule has 123 heavy (non-hydrogen) atoms. The number of benzene rings is 9. The van der Waals surface area contributed by atoms with Crippen molar-refractivity contribution in [3.63, 3.8) is 0 Å². The summed E-state index contributed by atoms with van der Waals surface area (Å²) in [6, 6.07) is 57.2. The fourth-order valence-corrected chi connectivity index (χ4v) is 14.9. The summed E-state index contributed by atoms with van der Waals surface area (Å²) in [7, 11) is -11.4. The summed E-state index contributed by atoms with van der Waals surface area (Å²) in [5.41, 5.74) is 5.86. The van der Waals surface area contributed by atoms with Crippen LogP contribution in [0.25, 0.3) is 0 Å². The van der Waals surface area contributed by atoms with Gasteiger partial charge in [0.2, 0.25) is 0 Å². The highest BCUT2D eigenvalue weighted by molar-refractivity contribution is 7.93. The zero-order chi connectivity index (χ0) is 88.5. The SMILES string of the molecule is CCCCCCNC(=O)Nc1ccc(S(=O)(=O)Nc2ccc(CCNC[C@H](O)COc3ccc(O)cc3)cc2)cc1.CCCCCCNC(=O)Nc1ccc(S(=O)(=O)Nc2ccc(CCNC[C@H](O)COc3ccc(O)cc3)cc2)cc1.CCCCCCNC(=O)Nc1ccc(S(=O)(=O)Nc2ccc(CCNC[C@H](O)COc3ccc(O)cc3)cc2)cc1. The van der Waals surface area contributed by atoms with Gasteiger partial charge in [-0.2, -0.15) is 0 Å². The maximum atomic E-state index is 12.8. The van der Waals surface area contributed by atoms with Crippen LogP contribution in [0.3, 0.4) is 0 Å². The summed E-state index contributed by atoms with van der Waals surface area (Å²) in [5.74, 6) is 2.16. The number of aromatic hydroxyl groups is 3. The number of aliphatic hydroxyl groups excluding tert-OH is 3. The second-order valence-corrected chi connectivity index (χ2v) is 34.1. The summed E-state index contributed by atoms with van der Waals surface area (Å²) < 4.78 is 101. The topological polar surface area (TPSA) is 447 Å². The molecule has 0 spiro atoms. The summed E-state index contributed by atoms with van der Waals surface area (Å²) in [5, 5.41) is 84.2. The number of hydrogen-bond acceptors (Lipinski definition) is 21. The van der Waals surface area contributed by atoms with Gasteiger partial charge in [0, 0.05) is 73.4 Å². The molecular formula is C90H120N12O18S3. The van der Waals surface area contributed by atoms with E-state index in [1.807, 2.05) is 36.4 Å². The predicted molar refractivity (Wildman–Crippen MR) is 483 cm³/mol. The van der Waals surface area contributed by atoms with Gasteiger partial charge in [0.1, 0.15) is 72.6 Å². The van der Waals surface area contributed by atoms with Crippen molar-refractivity contribution in [1.29, 1.82) is 0 Å². The summed E-state index contributed by atoms with van der Waals surface area (Å²) in [6.45, 7) is 11.5. The van der Waals surface area contributed by atoms with Crippen LogP contribution >= 0.6 is 0 Å². The molecule has 0 radical (unpaired) electrons. The van der Waals surface area contributed by atoms with E-state index in [0.717, 1.165) is 93.7 Å². The van der Waals surface area contributed by atoms with Crippen LogP contribution in [-0.2, 0) is 49.3 Å². The highest BCUT2D eigenvalue weighted by Gasteiger charge is 2.19. The van der Waals surface area contributed by atoms with E-state index in [9.17, 15) is 70.3 Å². The van der Waals surface area contributed by atoms with Crippen molar-refractivity contribution >= 4 is 82.3 Å². The third-order valence-electron chi connectivity index (χ3n) is 18.6. The van der Waals surface area contributed by atoms with Crippen molar-refractivity contribution in [3.05, 3.63) is 235 Å². The van der Waals surface area contributed by atoms with Crippen LogP contribution in [0.5, 0.6) is 34.5 Å². The fraction of sp³-hybridized carbons (Fsp3) is 0.367. The number of urea groups is 3. The number of aliphatic hydroxyl groups is 3. The number of phenolic OH excluding ortho intramolecular Hbond substituents is 3. The molecule has 30 nitrogen and oxygen atoms in total. The third kappa shape index (κ3) is 40.0. The molecule has 3 atom stereocenters. The number of anilines is 6. The second-order valence-electron chi connectivity index (χ2n) is 29.0. The number of carbonyl (C=O) groups is 3. The minimum absolute atomic E-state index is 0.0873. The van der Waals surface area contributed by atoms with Gasteiger partial charge < -0.3 is 92.7 Å². The molecule has 0 bridgehead atoms. The van der Waals surface area contributed by atoms with E-state index < -0.39 is 48.4 Å². The molecule has 33 heteroatoms. The van der Waals surface area contributed by atoms with Crippen LogP contribution in [0.2, 0.25) is 0 Å². The van der Waals surface area contributed by atoms with Crippen molar-refractivity contribution in [2.24, 2.45) is 0 Å². The number of unbranched alkanes of at least 4 members (excludes halogenated alkanes) is 9. The Morgan fingerprint density at radius 2 is 0.520 bits per heavy atom. The Bertz CT molecular complexity index is 4390. The first-order valence-electron chi connectivity index (χ1n) is 41.5. The number of carbonyl (C=O) groups excluding carboxylic acids is 3. The van der Waals surface area contributed by atoms with Gasteiger partial charge in [0.05, 0.1) is 14.7 Å². The Balaban J connectivity index is 0.000000254. The van der Waals surface area contributed by atoms with Crippen LogP contribution in [0, 0.1) is 0 Å². The maximum absolute atomic E-state index is 12.8. The highest BCUT2D eigenvalue weighted by atomic mass is 32.2. The number of phenols is 3. The smallest absolute Gasteiger partial charge is 0.319 e. The first kappa shape index (κ1) is 98.7. The first-order chi connectivity index (χ1) is 59.2. The van der Waals surface area contributed by atoms with Gasteiger partial charge >= 0.3 is 18.1 Å². The first-order valence-corrected chi connectivity index (χ1v) is 45.9. The molecule has 0 saturated carbocycles. The van der Waals surface area contributed by atoms with Crippen molar-refractivity contribution in [1.82, 2.24) is 31.9 Å². The summed E-state index contributed by atoms with van der Waals surface area (Å²) in [4.78, 5) is 36.3. The van der Waals surface area contributed by atoms with Crippen molar-refractivity contribution in [3.8, 4) is 34.5 Å². The predicted octanol–water partition coefficient (Wildman–Crippen LogP) is 13.4. The second kappa shape index (κ2) is 54.2. The normalized spacial score (nSPS) is 12.0. The van der Waals surface area contributed by atoms with Crippen molar-refractivity contribution in [2.45, 2.75) is 150 Å². The molecule has 9 aromatic carbocycles. The average molecular weight is 1750 g/mol. The molecule has 0 fully saturated rings. The molecule has 0 aliphatic heterocycles. The molecule has 9 aromatic rings. The van der Waals surface area contributed by atoms with Gasteiger partial charge in [-0.05, 0) is 257 Å². The quantitative estimate of drug-likeness (QED) is 0.0157. The standard InChI is InChI=1S/3C30H40N4O6S/c3*1-2-3-4-5-19-32-30(37)33-24-10-16-29(17-11-24)41(38,39)34-25-8-6-23(7-9-25)18-20-31-21-27(36)22-40-28-14-12-26(35)13-15-28/h3*6-17,27,31,34-36H,2-5,18-22H2,1H3,(H2,32,33,37)/t3*27-/m000/s1. The minimum atomic E-state index is -3.80. The fourth-order valence-electron chi connectivity index (χ4n) is 11.7. The summed E-state index contributed by atoms with van der Waals surface area (Å²) in [6.07, 6.45) is 12.8. The molecule has 18 N–H and O–H groups in total. The Hall–Kier alpha value is -11.4. The molecule has 0 heterocycles. The van der Waals surface area contributed by atoms with Gasteiger partial charge in [0.25, 0.3) is 30.1 Å². The summed E-state index contributed by atoms with van der Waals surface area (Å²) >= 11 is 0. The van der Waals surface area contributed by atoms with E-state index in [1.165, 1.54) is 72.8 Å². The van der Waals surface area contributed by atoms with E-state index in [1.54, 1.807) is 109 Å². The lowest BCUT2D eigenvalue weighted by Gasteiger charge is -2.13. The molecule has 0 unspecified atom stereocenters. The van der Waals surface area contributed by atoms with Crippen LogP contribution in [-0.4, -0.2) is 171 Å². The molecule has 6 amide bonds. The van der Waals surface area contributed by atoms with Crippen LogP contribution in [0.15, 0.2) is 233 Å². The van der Waals surface area contributed by atoms with Crippen LogP contribution < -0.4 is 76.2 Å². The van der Waals surface area contributed by atoms with E-state index in [2.05, 4.69) is 82.8 Å². The Kier molecular flexibility index (Phi) is 43.5. The largest absolute Gasteiger partial charge is 0.508 e. The van der Waals surface area contributed by atoms with E-state index in [0.29, 0.717) is 130 Å². The zero-order valence-electron chi connectivity index (χ0n) is 69.9. The number of nitrogens with one attached hydrogen (secondary N) is 12. The van der Waals surface area contributed by atoms with Gasteiger partial charge in [-0.15, -0.1) is 0 Å². The lowest BCUT2D eigenvalue weighted by molar-refractivity contribution is 0.106. The van der Waals surface area contributed by atoms with Crippen LogP contribution in [0.4, 0.5) is 48.5 Å². The highest BCUT2D eigenvalue weighted by Crippen LogP contribution is 2.25. The van der Waals surface area contributed by atoms with Crippen molar-refractivity contribution in [2.75, 3.05) is 109 Å². The Labute approximate surface area is 723 Å². The number of hydrogen-bond donors (Lipinski definition) is 18. The molecule has 666 valence electrons. The van der Waals surface area contributed by atoms with Crippen molar-refractivity contribution < 1.29 is 84.5 Å². The lowest BCUT2D eigenvalue weighted by atomic mass is 10.1. The molecular weight excluding hydrogens is 1630 g/mol. The van der Waals surface area contributed by atoms with Gasteiger partial charge in [0.15, 0.2) is 0 Å². The maximum Gasteiger partial charge on any atom is 0.319 e. The minimum Gasteiger partial charge on any atom is -0.508 e. The lowest BCUT2D eigenvalue weighted by Crippen LogP contribution is -2.32. The van der Waals surface area contributed by atoms with E-state index in [4.69, 9.17) is 14.2 Å². The number of ether oxygens (including phenoxy) is 3. The molecule has 0 aromatic heterocycles. The zero-order valence-corrected chi connectivity index (χ0v) is 72.4. The monoisotopic (exact) mass is 1750 g/mol. The Morgan fingerprint density at radius 1 is 0.293 bits per heavy atom. The van der Waals surface area contributed by atoms with Gasteiger partial charge in [-0.3, -0.25) is 14.2 Å². The molecule has 0 aliphatic rings. The van der Waals surface area contributed by atoms with E-state index in [-0.39, 0.29) is 69.8 Å². The molecule has 0 saturated heterocycles. The molecule has 9 rings (SSSR count). The molecule has 0 aliphatic carbocycles. The van der Waals surface area contributed by atoms with Gasteiger partial charge in [-0.1, -0.05) is 115 Å². The average Bonchev–Trinajstić information content (AvgIpc) is 0.832. The van der Waals surface area contributed by atoms with Gasteiger partial charge in [-0.25, -0.2) is 39.6 Å².